The van der Waals surface area contributed by atoms with Gasteiger partial charge in [0, 0.05) is 26.8 Å². The van der Waals surface area contributed by atoms with E-state index in [0.29, 0.717) is 6.04 Å². The van der Waals surface area contributed by atoms with Crippen LogP contribution >= 0.6 is 27.3 Å². The van der Waals surface area contributed by atoms with E-state index >= 15 is 0 Å². The Labute approximate surface area is 121 Å². The summed E-state index contributed by atoms with van der Waals surface area (Å²) in [5.74, 6) is 0. The molecule has 0 saturated carbocycles. The minimum Gasteiger partial charge on any atom is -0.305 e. The average molecular weight is 324 g/mol. The molecule has 1 nitrogen and oxygen atoms in total. The summed E-state index contributed by atoms with van der Waals surface area (Å²) in [6, 6.07) is 11.1. The van der Waals surface area contributed by atoms with Crippen LogP contribution in [-0.2, 0) is 6.54 Å². The first-order valence-electron chi connectivity index (χ1n) is 6.11. The standard InChI is InChI=1S/C15H18BrNS/c1-10-6-4-5-7-14(10)11(2)17-9-13-8-15(16)12(3)18-13/h4-8,11,17H,9H2,1-3H3/t11-/m1/s1. The predicted octanol–water partition coefficient (Wildman–Crippen LogP) is 4.98. The van der Waals surface area contributed by atoms with Gasteiger partial charge < -0.3 is 5.32 Å². The first-order chi connectivity index (χ1) is 8.58. The fourth-order valence-corrected chi connectivity index (χ4v) is 3.59. The Morgan fingerprint density at radius 2 is 2.00 bits per heavy atom. The van der Waals surface area contributed by atoms with E-state index in [1.165, 1.54) is 25.4 Å². The van der Waals surface area contributed by atoms with Crippen LogP contribution in [0.15, 0.2) is 34.8 Å². The highest BCUT2D eigenvalue weighted by atomic mass is 79.9. The van der Waals surface area contributed by atoms with Crippen molar-refractivity contribution in [1.82, 2.24) is 5.32 Å². The van der Waals surface area contributed by atoms with Crippen molar-refractivity contribution >= 4 is 27.3 Å². The van der Waals surface area contributed by atoms with Crippen LogP contribution in [0.25, 0.3) is 0 Å². The van der Waals surface area contributed by atoms with Gasteiger partial charge >= 0.3 is 0 Å². The van der Waals surface area contributed by atoms with Gasteiger partial charge in [0.1, 0.15) is 0 Å². The molecule has 0 amide bonds. The van der Waals surface area contributed by atoms with Crippen LogP contribution in [0.2, 0.25) is 0 Å². The smallest absolute Gasteiger partial charge is 0.0314 e. The van der Waals surface area contributed by atoms with Crippen LogP contribution in [0.4, 0.5) is 0 Å². The number of rotatable bonds is 4. The zero-order chi connectivity index (χ0) is 13.1. The Hall–Kier alpha value is -0.640. The zero-order valence-electron chi connectivity index (χ0n) is 11.0. The molecule has 1 aromatic carbocycles. The van der Waals surface area contributed by atoms with Crippen molar-refractivity contribution < 1.29 is 0 Å². The second-order valence-electron chi connectivity index (χ2n) is 4.58. The molecule has 2 aromatic rings. The molecule has 0 radical (unpaired) electrons. The Morgan fingerprint density at radius 1 is 1.28 bits per heavy atom. The topological polar surface area (TPSA) is 12.0 Å². The number of hydrogen-bond donors (Lipinski definition) is 1. The van der Waals surface area contributed by atoms with Crippen LogP contribution in [-0.4, -0.2) is 0 Å². The molecule has 0 bridgehead atoms. The van der Waals surface area contributed by atoms with Gasteiger partial charge in [-0.15, -0.1) is 11.3 Å². The average Bonchev–Trinajstić information content (AvgIpc) is 2.66. The lowest BCUT2D eigenvalue weighted by Gasteiger charge is -2.15. The summed E-state index contributed by atoms with van der Waals surface area (Å²) in [6.45, 7) is 7.45. The molecule has 1 N–H and O–H groups in total. The van der Waals surface area contributed by atoms with E-state index < -0.39 is 0 Å². The van der Waals surface area contributed by atoms with Gasteiger partial charge in [0.25, 0.3) is 0 Å². The summed E-state index contributed by atoms with van der Waals surface area (Å²) in [5, 5.41) is 3.59. The quantitative estimate of drug-likeness (QED) is 0.836. The first kappa shape index (κ1) is 13.8. The lowest BCUT2D eigenvalue weighted by molar-refractivity contribution is 0.576. The second-order valence-corrected chi connectivity index (χ2v) is 6.77. The minimum atomic E-state index is 0.382. The number of hydrogen-bond acceptors (Lipinski definition) is 2. The number of thiophene rings is 1. The molecule has 0 aliphatic heterocycles. The highest BCUT2D eigenvalue weighted by Crippen LogP contribution is 2.27. The third-order valence-corrected chi connectivity index (χ3v) is 5.28. The number of halogens is 1. The van der Waals surface area contributed by atoms with E-state index in [0.717, 1.165) is 6.54 Å². The molecule has 1 atom stereocenters. The predicted molar refractivity (Wildman–Crippen MR) is 83.2 cm³/mol. The molecule has 0 aliphatic carbocycles. The van der Waals surface area contributed by atoms with Crippen LogP contribution in [0.5, 0.6) is 0 Å². The third kappa shape index (κ3) is 3.22. The molecule has 18 heavy (non-hydrogen) atoms. The largest absolute Gasteiger partial charge is 0.305 e. The highest BCUT2D eigenvalue weighted by molar-refractivity contribution is 9.10. The lowest BCUT2D eigenvalue weighted by Crippen LogP contribution is -2.18. The maximum absolute atomic E-state index is 3.59. The van der Waals surface area contributed by atoms with E-state index in [1.54, 1.807) is 0 Å². The van der Waals surface area contributed by atoms with Crippen LogP contribution in [0.3, 0.4) is 0 Å². The molecule has 0 saturated heterocycles. The summed E-state index contributed by atoms with van der Waals surface area (Å²) >= 11 is 5.41. The van der Waals surface area contributed by atoms with Gasteiger partial charge in [-0.3, -0.25) is 0 Å². The van der Waals surface area contributed by atoms with Crippen molar-refractivity contribution in [1.29, 1.82) is 0 Å². The Bertz CT molecular complexity index is 514. The fourth-order valence-electron chi connectivity index (χ4n) is 2.04. The second kappa shape index (κ2) is 6.00. The van der Waals surface area contributed by atoms with Crippen molar-refractivity contribution in [2.75, 3.05) is 0 Å². The molecule has 0 unspecified atom stereocenters. The van der Waals surface area contributed by atoms with Crippen molar-refractivity contribution in [3.8, 4) is 0 Å². The molecule has 0 fully saturated rings. The molecule has 0 aliphatic rings. The van der Waals surface area contributed by atoms with E-state index in [2.05, 4.69) is 72.3 Å². The van der Waals surface area contributed by atoms with Crippen molar-refractivity contribution in [3.05, 3.63) is 55.7 Å². The van der Waals surface area contributed by atoms with E-state index in [1.807, 2.05) is 11.3 Å². The monoisotopic (exact) mass is 323 g/mol. The molecule has 2 rings (SSSR count). The number of benzene rings is 1. The number of aryl methyl sites for hydroxylation is 2. The summed E-state index contributed by atoms with van der Waals surface area (Å²) in [4.78, 5) is 2.72. The van der Waals surface area contributed by atoms with Crippen LogP contribution < -0.4 is 5.32 Å². The van der Waals surface area contributed by atoms with Gasteiger partial charge in [0.2, 0.25) is 0 Å². The molecule has 1 heterocycles. The summed E-state index contributed by atoms with van der Waals surface area (Å²) < 4.78 is 1.22. The van der Waals surface area contributed by atoms with Crippen molar-refractivity contribution in [2.24, 2.45) is 0 Å². The van der Waals surface area contributed by atoms with Crippen LogP contribution in [0, 0.1) is 13.8 Å². The third-order valence-electron chi connectivity index (χ3n) is 3.15. The molecular formula is C15H18BrNS. The molecule has 3 heteroatoms. The van der Waals surface area contributed by atoms with Gasteiger partial charge in [-0.2, -0.15) is 0 Å². The Kier molecular flexibility index (Phi) is 4.60. The van der Waals surface area contributed by atoms with Gasteiger partial charge in [0.15, 0.2) is 0 Å². The summed E-state index contributed by atoms with van der Waals surface area (Å²) in [7, 11) is 0. The fraction of sp³-hybridized carbons (Fsp3) is 0.333. The van der Waals surface area contributed by atoms with E-state index in [4.69, 9.17) is 0 Å². The van der Waals surface area contributed by atoms with Gasteiger partial charge in [0.05, 0.1) is 0 Å². The normalized spacial score (nSPS) is 12.7. The number of nitrogens with one attached hydrogen (secondary N) is 1. The lowest BCUT2D eigenvalue weighted by atomic mass is 10.0. The Morgan fingerprint density at radius 3 is 2.61 bits per heavy atom. The van der Waals surface area contributed by atoms with Gasteiger partial charge in [-0.25, -0.2) is 0 Å². The van der Waals surface area contributed by atoms with Crippen molar-refractivity contribution in [3.63, 3.8) is 0 Å². The Balaban J connectivity index is 2.00. The first-order valence-corrected chi connectivity index (χ1v) is 7.72. The highest BCUT2D eigenvalue weighted by Gasteiger charge is 2.08. The molecule has 96 valence electrons. The maximum atomic E-state index is 3.59. The van der Waals surface area contributed by atoms with Gasteiger partial charge in [-0.1, -0.05) is 24.3 Å². The maximum Gasteiger partial charge on any atom is 0.0314 e. The molecule has 0 spiro atoms. The minimum absolute atomic E-state index is 0.382. The van der Waals surface area contributed by atoms with Crippen molar-refractivity contribution in [2.45, 2.75) is 33.4 Å². The van der Waals surface area contributed by atoms with Gasteiger partial charge in [-0.05, 0) is 53.9 Å². The molecule has 1 aromatic heterocycles. The van der Waals surface area contributed by atoms with E-state index in [-0.39, 0.29) is 0 Å². The van der Waals surface area contributed by atoms with Crippen LogP contribution in [0.1, 0.15) is 33.8 Å². The molecular weight excluding hydrogens is 306 g/mol. The summed E-state index contributed by atoms with van der Waals surface area (Å²) in [6.07, 6.45) is 0. The SMILES string of the molecule is Cc1ccccc1[C@@H](C)NCc1cc(Br)c(C)s1. The van der Waals surface area contributed by atoms with E-state index in [9.17, 15) is 0 Å². The summed E-state index contributed by atoms with van der Waals surface area (Å²) in [5.41, 5.74) is 2.73. The zero-order valence-corrected chi connectivity index (χ0v) is 13.4.